The third kappa shape index (κ3) is 3.36. The van der Waals surface area contributed by atoms with Crippen LogP contribution in [-0.4, -0.2) is 11.6 Å². The Balaban J connectivity index is 2.27. The van der Waals surface area contributed by atoms with E-state index >= 15 is 0 Å². The van der Waals surface area contributed by atoms with Gasteiger partial charge in [-0.1, -0.05) is 13.8 Å². The molecule has 2 rings (SSSR count). The lowest BCUT2D eigenvalue weighted by Gasteiger charge is -2.17. The minimum atomic E-state index is -0.0392. The van der Waals surface area contributed by atoms with Crippen LogP contribution in [0, 0.1) is 0 Å². The van der Waals surface area contributed by atoms with Gasteiger partial charge < -0.3 is 4.74 Å². The van der Waals surface area contributed by atoms with Gasteiger partial charge in [-0.05, 0) is 41.5 Å². The van der Waals surface area contributed by atoms with Crippen molar-refractivity contribution < 1.29 is 4.74 Å². The number of aromatic nitrogens is 1. The van der Waals surface area contributed by atoms with Gasteiger partial charge in [0, 0.05) is 11.1 Å². The van der Waals surface area contributed by atoms with Gasteiger partial charge in [-0.15, -0.1) is 11.3 Å². The van der Waals surface area contributed by atoms with Crippen LogP contribution in [0.4, 0.5) is 0 Å². The summed E-state index contributed by atoms with van der Waals surface area (Å²) >= 11 is 1.71. The van der Waals surface area contributed by atoms with Gasteiger partial charge in [0.05, 0.1) is 18.8 Å². The highest BCUT2D eigenvalue weighted by atomic mass is 32.1. The van der Waals surface area contributed by atoms with Crippen molar-refractivity contribution in [2.45, 2.75) is 32.7 Å². The first-order valence-corrected chi connectivity index (χ1v) is 7.78. The first-order chi connectivity index (χ1) is 9.80. The molecule has 0 saturated heterocycles. The Morgan fingerprint density at radius 3 is 2.95 bits per heavy atom. The number of nitrogens with one attached hydrogen (secondary N) is 1. The van der Waals surface area contributed by atoms with Crippen LogP contribution in [0.3, 0.4) is 0 Å². The Morgan fingerprint density at radius 2 is 2.25 bits per heavy atom. The normalized spacial score (nSPS) is 12.3. The fraction of sp³-hybridized carbons (Fsp3) is 0.400. The van der Waals surface area contributed by atoms with E-state index in [1.807, 2.05) is 12.3 Å². The van der Waals surface area contributed by atoms with Crippen molar-refractivity contribution in [3.05, 3.63) is 45.9 Å². The fourth-order valence-corrected chi connectivity index (χ4v) is 3.19. The summed E-state index contributed by atoms with van der Waals surface area (Å²) in [6, 6.07) is 4.12. The minimum absolute atomic E-state index is 0.0392. The van der Waals surface area contributed by atoms with Crippen molar-refractivity contribution in [1.29, 1.82) is 0 Å². The Morgan fingerprint density at radius 1 is 1.40 bits per heavy atom. The number of rotatable bonds is 7. The molecule has 0 aliphatic heterocycles. The Labute approximate surface area is 124 Å². The summed E-state index contributed by atoms with van der Waals surface area (Å²) < 4.78 is 5.64. The maximum atomic E-state index is 5.76. The molecule has 3 N–H and O–H groups in total. The predicted molar refractivity (Wildman–Crippen MR) is 82.9 cm³/mol. The summed E-state index contributed by atoms with van der Waals surface area (Å²) in [5, 5.41) is 2.10. The van der Waals surface area contributed by atoms with Gasteiger partial charge >= 0.3 is 0 Å². The fourth-order valence-electron chi connectivity index (χ4n) is 2.11. The highest BCUT2D eigenvalue weighted by Gasteiger charge is 2.18. The van der Waals surface area contributed by atoms with E-state index in [0.717, 1.165) is 24.2 Å². The maximum absolute atomic E-state index is 5.76. The molecule has 0 amide bonds. The molecular weight excluding hydrogens is 270 g/mol. The van der Waals surface area contributed by atoms with Crippen LogP contribution in [0.15, 0.2) is 29.9 Å². The molecule has 108 valence electrons. The predicted octanol–water partition coefficient (Wildman–Crippen LogP) is 3.05. The van der Waals surface area contributed by atoms with E-state index in [1.165, 1.54) is 10.4 Å². The first kappa shape index (κ1) is 15.0. The second kappa shape index (κ2) is 7.38. The average Bonchev–Trinajstić information content (AvgIpc) is 2.95. The molecule has 2 heterocycles. The Bertz CT molecular complexity index is 541. The van der Waals surface area contributed by atoms with Gasteiger partial charge in [0.25, 0.3) is 0 Å². The quantitative estimate of drug-likeness (QED) is 0.608. The topological polar surface area (TPSA) is 60.2 Å². The van der Waals surface area contributed by atoms with Crippen molar-refractivity contribution >= 4 is 11.3 Å². The lowest BCUT2D eigenvalue weighted by Crippen LogP contribution is -2.29. The molecule has 0 fully saturated rings. The van der Waals surface area contributed by atoms with E-state index in [0.29, 0.717) is 6.61 Å². The lowest BCUT2D eigenvalue weighted by molar-refractivity contribution is 0.315. The molecule has 0 saturated carbocycles. The SMILES string of the molecule is CCCOc1cncc(C(NN)c2sccc2CC)c1. The number of hydrogen-bond acceptors (Lipinski definition) is 5. The number of nitrogens with zero attached hydrogens (tertiary/aromatic N) is 1. The number of aryl methyl sites for hydroxylation is 1. The lowest BCUT2D eigenvalue weighted by atomic mass is 10.0. The average molecular weight is 291 g/mol. The molecule has 1 atom stereocenters. The second-order valence-electron chi connectivity index (χ2n) is 4.57. The van der Waals surface area contributed by atoms with Crippen molar-refractivity contribution in [2.24, 2.45) is 5.84 Å². The van der Waals surface area contributed by atoms with Crippen LogP contribution in [0.5, 0.6) is 5.75 Å². The van der Waals surface area contributed by atoms with E-state index in [-0.39, 0.29) is 6.04 Å². The van der Waals surface area contributed by atoms with Crippen LogP contribution < -0.4 is 16.0 Å². The Kier molecular flexibility index (Phi) is 5.52. The molecule has 4 nitrogen and oxygen atoms in total. The molecular formula is C15H21N3OS. The zero-order valence-electron chi connectivity index (χ0n) is 11.9. The van der Waals surface area contributed by atoms with Gasteiger partial charge in [-0.2, -0.15) is 0 Å². The van der Waals surface area contributed by atoms with E-state index in [1.54, 1.807) is 17.5 Å². The standard InChI is InChI=1S/C15H21N3OS/c1-3-6-19-13-8-12(9-17-10-13)14(18-16)15-11(4-2)5-7-20-15/h5,7-10,14,18H,3-4,6,16H2,1-2H3. The number of hydrogen-bond donors (Lipinski definition) is 2. The van der Waals surface area contributed by atoms with E-state index in [9.17, 15) is 0 Å². The highest BCUT2D eigenvalue weighted by Crippen LogP contribution is 2.30. The summed E-state index contributed by atoms with van der Waals surface area (Å²) in [4.78, 5) is 5.50. The third-order valence-electron chi connectivity index (χ3n) is 3.13. The smallest absolute Gasteiger partial charge is 0.137 e. The summed E-state index contributed by atoms with van der Waals surface area (Å²) in [6.07, 6.45) is 5.55. The Hall–Kier alpha value is -1.43. The van der Waals surface area contributed by atoms with Crippen molar-refractivity contribution in [3.8, 4) is 5.75 Å². The van der Waals surface area contributed by atoms with Gasteiger partial charge in [-0.3, -0.25) is 10.8 Å². The molecule has 0 spiro atoms. The molecule has 0 aromatic carbocycles. The van der Waals surface area contributed by atoms with Gasteiger partial charge in [-0.25, -0.2) is 5.43 Å². The van der Waals surface area contributed by atoms with Crippen molar-refractivity contribution in [3.63, 3.8) is 0 Å². The number of nitrogens with two attached hydrogens (primary N) is 1. The monoisotopic (exact) mass is 291 g/mol. The van der Waals surface area contributed by atoms with Crippen molar-refractivity contribution in [2.75, 3.05) is 6.61 Å². The molecule has 1 unspecified atom stereocenters. The largest absolute Gasteiger partial charge is 0.492 e. The number of pyridine rings is 1. The zero-order valence-corrected chi connectivity index (χ0v) is 12.7. The molecule has 20 heavy (non-hydrogen) atoms. The molecule has 0 aliphatic carbocycles. The second-order valence-corrected chi connectivity index (χ2v) is 5.51. The number of hydrazine groups is 1. The van der Waals surface area contributed by atoms with Crippen LogP contribution in [0.25, 0.3) is 0 Å². The first-order valence-electron chi connectivity index (χ1n) is 6.90. The van der Waals surface area contributed by atoms with Crippen LogP contribution in [0.1, 0.15) is 42.3 Å². The molecule has 2 aromatic rings. The molecule has 0 bridgehead atoms. The number of thiophene rings is 1. The third-order valence-corrected chi connectivity index (χ3v) is 4.15. The highest BCUT2D eigenvalue weighted by molar-refractivity contribution is 7.10. The van der Waals surface area contributed by atoms with E-state index in [2.05, 4.69) is 35.7 Å². The summed E-state index contributed by atoms with van der Waals surface area (Å²) in [5.41, 5.74) is 5.24. The molecule has 0 radical (unpaired) electrons. The van der Waals surface area contributed by atoms with Crippen LogP contribution in [0.2, 0.25) is 0 Å². The minimum Gasteiger partial charge on any atom is -0.492 e. The number of ether oxygens (including phenoxy) is 1. The summed E-state index contributed by atoms with van der Waals surface area (Å²) in [7, 11) is 0. The molecule has 2 aromatic heterocycles. The maximum Gasteiger partial charge on any atom is 0.137 e. The van der Waals surface area contributed by atoms with E-state index < -0.39 is 0 Å². The van der Waals surface area contributed by atoms with Gasteiger partial charge in [0.15, 0.2) is 0 Å². The van der Waals surface area contributed by atoms with E-state index in [4.69, 9.17) is 10.6 Å². The summed E-state index contributed by atoms with van der Waals surface area (Å²) in [6.45, 7) is 4.93. The van der Waals surface area contributed by atoms with Crippen LogP contribution >= 0.6 is 11.3 Å². The van der Waals surface area contributed by atoms with Crippen molar-refractivity contribution in [1.82, 2.24) is 10.4 Å². The summed E-state index contributed by atoms with van der Waals surface area (Å²) in [5.74, 6) is 6.55. The van der Waals surface area contributed by atoms with Crippen LogP contribution in [-0.2, 0) is 6.42 Å². The van der Waals surface area contributed by atoms with Gasteiger partial charge in [0.1, 0.15) is 5.75 Å². The molecule has 5 heteroatoms. The molecule has 0 aliphatic rings. The zero-order chi connectivity index (χ0) is 14.4. The van der Waals surface area contributed by atoms with Gasteiger partial charge in [0.2, 0.25) is 0 Å².